The van der Waals surface area contributed by atoms with Crippen molar-refractivity contribution in [3.63, 3.8) is 0 Å². The molecule has 0 atom stereocenters. The molecule has 0 unspecified atom stereocenters. The Kier molecular flexibility index (Phi) is 6.60. The van der Waals surface area contributed by atoms with Crippen LogP contribution in [0, 0.1) is 6.92 Å². The van der Waals surface area contributed by atoms with Crippen molar-refractivity contribution in [2.24, 2.45) is 0 Å². The number of rotatable bonds is 6. The molecule has 0 bridgehead atoms. The van der Waals surface area contributed by atoms with E-state index < -0.39 is 0 Å². The summed E-state index contributed by atoms with van der Waals surface area (Å²) in [7, 11) is 6.11. The number of aromatic nitrogens is 3. The minimum absolute atomic E-state index is 0.309. The third-order valence-corrected chi connectivity index (χ3v) is 5.95. The fourth-order valence-corrected chi connectivity index (χ4v) is 4.03. The average Bonchev–Trinajstić information content (AvgIpc) is 3.25. The zero-order valence-corrected chi connectivity index (χ0v) is 20.3. The summed E-state index contributed by atoms with van der Waals surface area (Å²) in [4.78, 5) is 17.1. The van der Waals surface area contributed by atoms with Crippen LogP contribution in [-0.4, -0.2) is 28.5 Å². The van der Waals surface area contributed by atoms with Crippen LogP contribution in [0.15, 0.2) is 85.1 Å². The molecule has 2 heterocycles. The van der Waals surface area contributed by atoms with Gasteiger partial charge in [-0.3, -0.25) is 0 Å². The molecule has 7 nitrogen and oxygen atoms in total. The van der Waals surface area contributed by atoms with Gasteiger partial charge in [0.2, 0.25) is 0 Å². The molecular weight excluding hydrogens is 471 g/mol. The van der Waals surface area contributed by atoms with E-state index in [9.17, 15) is 4.79 Å². The number of nitrogens with one attached hydrogen (secondary N) is 3. The number of hydrogen-bond donors (Lipinski definition) is 3. The van der Waals surface area contributed by atoms with Crippen molar-refractivity contribution < 1.29 is 4.79 Å². The van der Waals surface area contributed by atoms with Crippen molar-refractivity contribution in [2.75, 3.05) is 16.0 Å². The summed E-state index contributed by atoms with van der Waals surface area (Å²) in [6.45, 7) is 2.48. The van der Waals surface area contributed by atoms with Crippen molar-refractivity contribution >= 4 is 53.8 Å². The summed E-state index contributed by atoms with van der Waals surface area (Å²) < 4.78 is 1.66. The van der Waals surface area contributed by atoms with E-state index in [0.717, 1.165) is 22.4 Å². The fourth-order valence-electron chi connectivity index (χ4n) is 3.79. The number of carbonyl (C=O) groups is 1. The minimum atomic E-state index is -0.309. The van der Waals surface area contributed by atoms with Crippen LogP contribution >= 0.6 is 11.6 Å². The van der Waals surface area contributed by atoms with Crippen LogP contribution in [0.25, 0.3) is 16.9 Å². The molecule has 0 fully saturated rings. The first-order chi connectivity index (χ1) is 17.5. The third-order valence-electron chi connectivity index (χ3n) is 5.62. The number of benzene rings is 3. The zero-order valence-electron chi connectivity index (χ0n) is 19.5. The number of anilines is 3. The van der Waals surface area contributed by atoms with Crippen LogP contribution in [0.1, 0.15) is 11.1 Å². The molecule has 2 radical (unpaired) electrons. The van der Waals surface area contributed by atoms with Crippen LogP contribution in [0.4, 0.5) is 22.0 Å². The maximum absolute atomic E-state index is 12.4. The number of carbonyl (C=O) groups excluding carboxylic acids is 1. The summed E-state index contributed by atoms with van der Waals surface area (Å²) in [5, 5.41) is 14.1. The Bertz CT molecular complexity index is 1550. The first-order valence-corrected chi connectivity index (χ1v) is 11.7. The summed E-state index contributed by atoms with van der Waals surface area (Å²) in [6, 6.07) is 24.3. The van der Waals surface area contributed by atoms with E-state index in [1.165, 1.54) is 0 Å². The van der Waals surface area contributed by atoms with Gasteiger partial charge in [-0.2, -0.15) is 9.61 Å². The van der Waals surface area contributed by atoms with Gasteiger partial charge in [-0.15, -0.1) is 0 Å². The molecular formula is C27H22BClN6O. The Morgan fingerprint density at radius 2 is 1.75 bits per heavy atom. The van der Waals surface area contributed by atoms with Crippen molar-refractivity contribution in [1.82, 2.24) is 14.6 Å². The lowest BCUT2D eigenvalue weighted by atomic mass is 10.0. The lowest BCUT2D eigenvalue weighted by molar-refractivity contribution is 0.262. The summed E-state index contributed by atoms with van der Waals surface area (Å²) in [5.74, 6) is 0.710. The molecule has 2 amide bonds. The highest BCUT2D eigenvalue weighted by Crippen LogP contribution is 2.28. The van der Waals surface area contributed by atoms with Crippen LogP contribution in [0.5, 0.6) is 0 Å². The third kappa shape index (κ3) is 5.19. The Morgan fingerprint density at radius 1 is 0.972 bits per heavy atom. The predicted octanol–water partition coefficient (Wildman–Crippen LogP) is 5.41. The van der Waals surface area contributed by atoms with Gasteiger partial charge >= 0.3 is 6.03 Å². The van der Waals surface area contributed by atoms with Gasteiger partial charge in [-0.25, -0.2) is 9.78 Å². The topological polar surface area (TPSA) is 83.3 Å². The molecule has 0 aliphatic heterocycles. The van der Waals surface area contributed by atoms with Gasteiger partial charge in [0.25, 0.3) is 0 Å². The van der Waals surface area contributed by atoms with Gasteiger partial charge in [0.15, 0.2) is 5.65 Å². The lowest BCUT2D eigenvalue weighted by Gasteiger charge is -2.13. The van der Waals surface area contributed by atoms with Gasteiger partial charge in [-0.1, -0.05) is 59.6 Å². The molecule has 0 aliphatic carbocycles. The molecule has 36 heavy (non-hydrogen) atoms. The van der Waals surface area contributed by atoms with Crippen LogP contribution in [0.2, 0.25) is 5.02 Å². The fraction of sp³-hybridized carbons (Fsp3) is 0.0741. The van der Waals surface area contributed by atoms with E-state index in [-0.39, 0.29) is 6.03 Å². The Balaban J connectivity index is 1.33. The number of nitrogens with zero attached hydrogens (tertiary/aromatic N) is 3. The first kappa shape index (κ1) is 23.4. The van der Waals surface area contributed by atoms with Crippen LogP contribution in [-0.2, 0) is 6.54 Å². The largest absolute Gasteiger partial charge is 0.366 e. The van der Waals surface area contributed by atoms with Crippen molar-refractivity contribution in [3.8, 4) is 11.3 Å². The molecule has 0 saturated heterocycles. The normalized spacial score (nSPS) is 10.8. The second-order valence-electron chi connectivity index (χ2n) is 8.34. The highest BCUT2D eigenvalue weighted by atomic mass is 35.5. The quantitative estimate of drug-likeness (QED) is 0.277. The maximum atomic E-state index is 12.4. The summed E-state index contributed by atoms with van der Waals surface area (Å²) >= 11 is 6.41. The number of fused-ring (bicyclic) bond motifs is 1. The zero-order chi connectivity index (χ0) is 25.1. The highest BCUT2D eigenvalue weighted by Gasteiger charge is 2.12. The molecule has 5 rings (SSSR count). The predicted molar refractivity (Wildman–Crippen MR) is 146 cm³/mol. The number of halogens is 1. The minimum Gasteiger partial charge on any atom is -0.366 e. The molecule has 2 aromatic heterocycles. The Morgan fingerprint density at radius 3 is 2.56 bits per heavy atom. The number of amides is 2. The van der Waals surface area contributed by atoms with E-state index in [1.54, 1.807) is 10.7 Å². The molecule has 176 valence electrons. The molecule has 3 aromatic carbocycles. The SMILES string of the molecule is [B]c1cnn2c(NCc3cccc(NC(=O)Nc4ccc(C)cc4)c3)cc(-c3ccccc3Cl)nc12. The van der Waals surface area contributed by atoms with E-state index in [1.807, 2.05) is 85.8 Å². The number of hydrogen-bond acceptors (Lipinski definition) is 4. The standard InChI is InChI=1S/C27H22BClN6O/c1-17-9-11-19(12-10-17)32-27(36)33-20-6-4-5-18(13-20)15-30-25-14-24(21-7-2-3-8-23(21)29)34-26-22(28)16-31-35(25)26/h2-14,16,30H,15H2,1H3,(H2,32,33,36). The van der Waals surface area contributed by atoms with E-state index in [2.05, 4.69) is 26.0 Å². The highest BCUT2D eigenvalue weighted by molar-refractivity contribution is 6.36. The van der Waals surface area contributed by atoms with Gasteiger partial charge in [0.05, 0.1) is 5.69 Å². The molecule has 0 spiro atoms. The summed E-state index contributed by atoms with van der Waals surface area (Å²) in [6.07, 6.45) is 1.57. The smallest absolute Gasteiger partial charge is 0.323 e. The van der Waals surface area contributed by atoms with Gasteiger partial charge in [0.1, 0.15) is 13.7 Å². The van der Waals surface area contributed by atoms with E-state index in [4.69, 9.17) is 19.4 Å². The maximum Gasteiger partial charge on any atom is 0.323 e. The number of aryl methyl sites for hydroxylation is 1. The van der Waals surface area contributed by atoms with Crippen molar-refractivity contribution in [1.29, 1.82) is 0 Å². The molecule has 0 saturated carbocycles. The Labute approximate surface area is 214 Å². The monoisotopic (exact) mass is 492 g/mol. The van der Waals surface area contributed by atoms with E-state index in [0.29, 0.717) is 39.9 Å². The lowest BCUT2D eigenvalue weighted by Crippen LogP contribution is -2.19. The average molecular weight is 493 g/mol. The van der Waals surface area contributed by atoms with Gasteiger partial charge < -0.3 is 16.0 Å². The van der Waals surface area contributed by atoms with Gasteiger partial charge in [-0.05, 0) is 48.3 Å². The molecule has 9 heteroatoms. The van der Waals surface area contributed by atoms with Crippen LogP contribution < -0.4 is 21.4 Å². The van der Waals surface area contributed by atoms with Crippen LogP contribution in [0.3, 0.4) is 0 Å². The molecule has 0 aliphatic rings. The van der Waals surface area contributed by atoms with Gasteiger partial charge in [0, 0.05) is 40.8 Å². The second kappa shape index (κ2) is 10.1. The Hall–Kier alpha value is -4.30. The molecule has 5 aromatic rings. The van der Waals surface area contributed by atoms with E-state index >= 15 is 0 Å². The first-order valence-electron chi connectivity index (χ1n) is 11.3. The van der Waals surface area contributed by atoms with Crippen molar-refractivity contribution in [3.05, 3.63) is 101 Å². The second-order valence-corrected chi connectivity index (χ2v) is 8.75. The molecule has 3 N–H and O–H groups in total. The van der Waals surface area contributed by atoms with Crippen molar-refractivity contribution in [2.45, 2.75) is 13.5 Å². The summed E-state index contributed by atoms with van der Waals surface area (Å²) in [5.41, 5.74) is 6.00. The number of urea groups is 1.